The third-order valence-corrected chi connectivity index (χ3v) is 7.37. The minimum absolute atomic E-state index is 0.0130. The number of carbonyl (C=O) groups is 1. The molecular weight excluding hydrogens is 466 g/mol. The molecule has 7 nitrogen and oxygen atoms in total. The number of rotatable bonds is 7. The highest BCUT2D eigenvalue weighted by molar-refractivity contribution is 6.08. The number of anilines is 2. The van der Waals surface area contributed by atoms with Gasteiger partial charge in [-0.1, -0.05) is 36.4 Å². The van der Waals surface area contributed by atoms with Gasteiger partial charge in [-0.05, 0) is 49.4 Å². The first-order valence-corrected chi connectivity index (χ1v) is 13.2. The molecule has 0 N–H and O–H groups in total. The van der Waals surface area contributed by atoms with E-state index in [0.717, 1.165) is 59.5 Å². The molecule has 3 heterocycles. The Morgan fingerprint density at radius 1 is 1.03 bits per heavy atom. The molecule has 2 aliphatic heterocycles. The van der Waals surface area contributed by atoms with Gasteiger partial charge in [0.05, 0.1) is 30.1 Å². The fourth-order valence-corrected chi connectivity index (χ4v) is 5.44. The molecule has 0 bridgehead atoms. The van der Waals surface area contributed by atoms with Crippen molar-refractivity contribution in [1.82, 2.24) is 4.57 Å². The summed E-state index contributed by atoms with van der Waals surface area (Å²) in [6.07, 6.45) is 4.36. The molecule has 7 heteroatoms. The normalized spacial score (nSPS) is 18.7. The van der Waals surface area contributed by atoms with Gasteiger partial charge in [0.1, 0.15) is 0 Å². The molecule has 1 aromatic heterocycles. The molecule has 0 spiro atoms. The maximum Gasteiger partial charge on any atom is 0.253 e. The molecular formula is C30H35N3O4. The number of carbonyl (C=O) groups excluding carboxylic acids is 1. The topological polar surface area (TPSA) is 64.0 Å². The molecule has 1 atom stereocenters. The average molecular weight is 502 g/mol. The number of hydrogen-bond acceptors (Lipinski definition) is 5. The van der Waals surface area contributed by atoms with Crippen LogP contribution in [0.5, 0.6) is 0 Å². The third-order valence-electron chi connectivity index (χ3n) is 7.37. The minimum Gasteiger partial charge on any atom is -0.385 e. The molecule has 1 amide bonds. The van der Waals surface area contributed by atoms with Crippen molar-refractivity contribution >= 4 is 33.9 Å². The van der Waals surface area contributed by atoms with Crippen LogP contribution in [0.25, 0.3) is 16.6 Å². The van der Waals surface area contributed by atoms with Crippen molar-refractivity contribution in [3.05, 3.63) is 76.6 Å². The average Bonchev–Trinajstić information content (AvgIpc) is 3.10. The molecule has 0 saturated carbocycles. The van der Waals surface area contributed by atoms with Gasteiger partial charge in [0.2, 0.25) is 5.91 Å². The van der Waals surface area contributed by atoms with Crippen molar-refractivity contribution in [3.8, 4) is 0 Å². The van der Waals surface area contributed by atoms with Gasteiger partial charge in [-0.3, -0.25) is 14.5 Å². The molecule has 0 unspecified atom stereocenters. The first kappa shape index (κ1) is 25.2. The number of ether oxygens (including phenoxy) is 2. The number of allylic oxidation sites excluding steroid dienone is 1. The van der Waals surface area contributed by atoms with Crippen molar-refractivity contribution in [2.45, 2.75) is 32.7 Å². The van der Waals surface area contributed by atoms with Gasteiger partial charge in [0.15, 0.2) is 0 Å². The Morgan fingerprint density at radius 2 is 1.81 bits per heavy atom. The fraction of sp³-hybridized carbons (Fsp3) is 0.400. The van der Waals surface area contributed by atoms with E-state index in [1.54, 1.807) is 17.7 Å². The molecule has 3 aromatic rings. The van der Waals surface area contributed by atoms with Crippen LogP contribution in [-0.2, 0) is 20.8 Å². The second kappa shape index (κ2) is 11.3. The number of methoxy groups -OCH3 is 1. The van der Waals surface area contributed by atoms with Crippen LogP contribution in [0.3, 0.4) is 0 Å². The Bertz CT molecular complexity index is 1340. The van der Waals surface area contributed by atoms with Gasteiger partial charge in [-0.25, -0.2) is 0 Å². The van der Waals surface area contributed by atoms with Gasteiger partial charge in [0, 0.05) is 56.9 Å². The maximum absolute atomic E-state index is 13.7. The SMILES string of the molecule is CCn1c(=O)cc(N2CCOCC2)c2cc(N3C(=O)CC[C@@H](CCOC)C=C3c3ccccc3)ccc21. The Balaban J connectivity index is 1.67. The summed E-state index contributed by atoms with van der Waals surface area (Å²) in [5.41, 5.74) is 4.50. The Morgan fingerprint density at radius 3 is 2.54 bits per heavy atom. The lowest BCUT2D eigenvalue weighted by Gasteiger charge is -2.31. The number of pyridine rings is 1. The zero-order valence-electron chi connectivity index (χ0n) is 21.7. The molecule has 0 radical (unpaired) electrons. The maximum atomic E-state index is 13.7. The summed E-state index contributed by atoms with van der Waals surface area (Å²) in [6.45, 7) is 5.94. The van der Waals surface area contributed by atoms with Crippen LogP contribution in [0.2, 0.25) is 0 Å². The molecule has 194 valence electrons. The van der Waals surface area contributed by atoms with Crippen molar-refractivity contribution in [2.24, 2.45) is 5.92 Å². The summed E-state index contributed by atoms with van der Waals surface area (Å²) in [5.74, 6) is 0.324. The van der Waals surface area contributed by atoms with Crippen molar-refractivity contribution in [3.63, 3.8) is 0 Å². The van der Waals surface area contributed by atoms with E-state index in [2.05, 4.69) is 29.2 Å². The van der Waals surface area contributed by atoms with Crippen molar-refractivity contribution in [2.75, 3.05) is 49.8 Å². The predicted molar refractivity (Wildman–Crippen MR) is 148 cm³/mol. The van der Waals surface area contributed by atoms with E-state index in [1.165, 1.54) is 0 Å². The first-order chi connectivity index (χ1) is 18.1. The van der Waals surface area contributed by atoms with Crippen LogP contribution < -0.4 is 15.4 Å². The van der Waals surface area contributed by atoms with E-state index in [0.29, 0.717) is 32.8 Å². The van der Waals surface area contributed by atoms with Crippen LogP contribution in [0, 0.1) is 5.92 Å². The number of nitrogens with zero attached hydrogens (tertiary/aromatic N) is 3. The number of aromatic nitrogens is 1. The molecule has 0 aliphatic carbocycles. The highest BCUT2D eigenvalue weighted by Gasteiger charge is 2.28. The first-order valence-electron chi connectivity index (χ1n) is 13.2. The summed E-state index contributed by atoms with van der Waals surface area (Å²) in [5, 5.41) is 0.973. The molecule has 1 fully saturated rings. The van der Waals surface area contributed by atoms with Crippen LogP contribution in [-0.4, -0.2) is 50.5 Å². The van der Waals surface area contributed by atoms with Crippen LogP contribution in [0.4, 0.5) is 11.4 Å². The monoisotopic (exact) mass is 501 g/mol. The molecule has 1 saturated heterocycles. The molecule has 2 aliphatic rings. The minimum atomic E-state index is -0.0130. The van der Waals surface area contributed by atoms with E-state index >= 15 is 0 Å². The van der Waals surface area contributed by atoms with Gasteiger partial charge < -0.3 is 18.9 Å². The number of benzene rings is 2. The lowest BCUT2D eigenvalue weighted by molar-refractivity contribution is -0.118. The van der Waals surface area contributed by atoms with E-state index in [9.17, 15) is 9.59 Å². The second-order valence-corrected chi connectivity index (χ2v) is 9.64. The fourth-order valence-electron chi connectivity index (χ4n) is 5.44. The van der Waals surface area contributed by atoms with Crippen LogP contribution in [0.1, 0.15) is 31.7 Å². The number of fused-ring (bicyclic) bond motifs is 1. The zero-order valence-corrected chi connectivity index (χ0v) is 21.7. The van der Waals surface area contributed by atoms with Crippen molar-refractivity contribution in [1.29, 1.82) is 0 Å². The van der Waals surface area contributed by atoms with Gasteiger partial charge in [-0.15, -0.1) is 0 Å². The summed E-state index contributed by atoms with van der Waals surface area (Å²) in [4.78, 5) is 30.8. The van der Waals surface area contributed by atoms with E-state index in [-0.39, 0.29) is 17.4 Å². The smallest absolute Gasteiger partial charge is 0.253 e. The summed E-state index contributed by atoms with van der Waals surface area (Å²) in [7, 11) is 1.72. The van der Waals surface area contributed by atoms with Gasteiger partial charge in [-0.2, -0.15) is 0 Å². The zero-order chi connectivity index (χ0) is 25.8. The summed E-state index contributed by atoms with van der Waals surface area (Å²) >= 11 is 0. The third kappa shape index (κ3) is 5.20. The lowest BCUT2D eigenvalue weighted by atomic mass is 9.98. The summed E-state index contributed by atoms with van der Waals surface area (Å²) in [6, 6.07) is 17.9. The number of morpholine rings is 1. The van der Waals surface area contributed by atoms with E-state index < -0.39 is 0 Å². The molecule has 2 aromatic carbocycles. The lowest BCUT2D eigenvalue weighted by Crippen LogP contribution is -2.37. The Kier molecular flexibility index (Phi) is 7.72. The number of amides is 1. The highest BCUT2D eigenvalue weighted by atomic mass is 16.5. The van der Waals surface area contributed by atoms with E-state index in [1.807, 2.05) is 42.2 Å². The quantitative estimate of drug-likeness (QED) is 0.471. The predicted octanol–water partition coefficient (Wildman–Crippen LogP) is 4.68. The van der Waals surface area contributed by atoms with Crippen LogP contribution >= 0.6 is 0 Å². The number of hydrogen-bond donors (Lipinski definition) is 0. The second-order valence-electron chi connectivity index (χ2n) is 9.64. The largest absolute Gasteiger partial charge is 0.385 e. The number of aryl methyl sites for hydroxylation is 1. The highest BCUT2D eigenvalue weighted by Crippen LogP contribution is 2.36. The summed E-state index contributed by atoms with van der Waals surface area (Å²) < 4.78 is 12.7. The van der Waals surface area contributed by atoms with E-state index in [4.69, 9.17) is 9.47 Å². The van der Waals surface area contributed by atoms with Crippen molar-refractivity contribution < 1.29 is 14.3 Å². The molecule has 37 heavy (non-hydrogen) atoms. The standard InChI is InChI=1S/C30H35N3O4/c1-3-32-26-11-10-24(20-25(26)28(21-30(32)35)31-14-17-37-18-15-31)33-27(23-7-5-4-6-8-23)19-22(13-16-36-2)9-12-29(33)34/h4-8,10-11,19-22H,3,9,12-18H2,1-2H3/t22-/m0/s1. The van der Waals surface area contributed by atoms with Gasteiger partial charge in [0.25, 0.3) is 5.56 Å². The Hall–Kier alpha value is -3.42. The Labute approximate surface area is 217 Å². The molecule has 5 rings (SSSR count). The van der Waals surface area contributed by atoms with Gasteiger partial charge >= 0.3 is 0 Å². The van der Waals surface area contributed by atoms with Crippen LogP contribution in [0.15, 0.2) is 65.5 Å².